The fourth-order valence-electron chi connectivity index (χ4n) is 2.54. The number of benzene rings is 1. The molecule has 1 aromatic carbocycles. The van der Waals surface area contributed by atoms with Gasteiger partial charge in [-0.15, -0.1) is 0 Å². The van der Waals surface area contributed by atoms with Crippen molar-refractivity contribution >= 4 is 5.91 Å². The topological polar surface area (TPSA) is 50.4 Å². The summed E-state index contributed by atoms with van der Waals surface area (Å²) >= 11 is 0. The zero-order valence-corrected chi connectivity index (χ0v) is 11.6. The maximum Gasteiger partial charge on any atom is 0.220 e. The average Bonchev–Trinajstić information content (AvgIpc) is 2.46. The molecule has 104 valence electrons. The molecule has 1 amide bonds. The van der Waals surface area contributed by atoms with Crippen LogP contribution in [0.5, 0.6) is 5.75 Å². The molecule has 4 heteroatoms. The van der Waals surface area contributed by atoms with E-state index in [1.807, 2.05) is 18.2 Å². The number of hydrogen-bond donors (Lipinski definition) is 2. The van der Waals surface area contributed by atoms with Gasteiger partial charge in [-0.2, -0.15) is 0 Å². The highest BCUT2D eigenvalue weighted by Crippen LogP contribution is 2.27. The van der Waals surface area contributed by atoms with Crippen LogP contribution in [0, 0.1) is 0 Å². The van der Waals surface area contributed by atoms with Crippen LogP contribution < -0.4 is 15.4 Å². The Bertz CT molecular complexity index is 424. The number of hydrogen-bond acceptors (Lipinski definition) is 3. The molecule has 0 saturated carbocycles. The Morgan fingerprint density at radius 2 is 2.26 bits per heavy atom. The molecule has 0 aromatic heterocycles. The lowest BCUT2D eigenvalue weighted by atomic mass is 9.99. The van der Waals surface area contributed by atoms with Crippen molar-refractivity contribution in [3.8, 4) is 5.75 Å². The minimum absolute atomic E-state index is 0.156. The lowest BCUT2D eigenvalue weighted by Gasteiger charge is -2.29. The molecule has 0 radical (unpaired) electrons. The van der Waals surface area contributed by atoms with Gasteiger partial charge in [0.15, 0.2) is 0 Å². The summed E-state index contributed by atoms with van der Waals surface area (Å²) in [6.07, 6.45) is 2.50. The van der Waals surface area contributed by atoms with Crippen molar-refractivity contribution in [3.63, 3.8) is 0 Å². The van der Waals surface area contributed by atoms with E-state index in [0.29, 0.717) is 19.0 Å². The third-order valence-corrected chi connectivity index (χ3v) is 3.62. The molecule has 1 fully saturated rings. The predicted molar refractivity (Wildman–Crippen MR) is 75.2 cm³/mol. The Balaban J connectivity index is 2.05. The SMILES string of the molecule is CCC(NC1CCC(=O)NC1)c1ccccc1OC. The van der Waals surface area contributed by atoms with Gasteiger partial charge >= 0.3 is 0 Å². The molecule has 1 saturated heterocycles. The molecule has 2 N–H and O–H groups in total. The van der Waals surface area contributed by atoms with E-state index in [1.165, 1.54) is 5.56 Å². The number of carbonyl (C=O) groups excluding carboxylic acids is 1. The lowest BCUT2D eigenvalue weighted by Crippen LogP contribution is -2.46. The monoisotopic (exact) mass is 262 g/mol. The van der Waals surface area contributed by atoms with E-state index >= 15 is 0 Å². The molecule has 2 unspecified atom stereocenters. The molecule has 1 aliphatic heterocycles. The first-order chi connectivity index (χ1) is 9.24. The smallest absolute Gasteiger partial charge is 0.220 e. The van der Waals surface area contributed by atoms with Gasteiger partial charge in [0.25, 0.3) is 0 Å². The predicted octanol–water partition coefficient (Wildman–Crippen LogP) is 2.01. The second kappa shape index (κ2) is 6.57. The third kappa shape index (κ3) is 3.47. The number of para-hydroxylation sites is 1. The van der Waals surface area contributed by atoms with Crippen molar-refractivity contribution in [3.05, 3.63) is 29.8 Å². The summed E-state index contributed by atoms with van der Waals surface area (Å²) < 4.78 is 5.42. The molecule has 1 aliphatic rings. The second-order valence-corrected chi connectivity index (χ2v) is 4.91. The van der Waals surface area contributed by atoms with Crippen LogP contribution in [0.25, 0.3) is 0 Å². The van der Waals surface area contributed by atoms with Crippen molar-refractivity contribution in [2.45, 2.75) is 38.3 Å². The summed E-state index contributed by atoms with van der Waals surface area (Å²) in [5.74, 6) is 1.07. The number of nitrogens with one attached hydrogen (secondary N) is 2. The van der Waals surface area contributed by atoms with Crippen molar-refractivity contribution in [1.29, 1.82) is 0 Å². The minimum atomic E-state index is 0.156. The van der Waals surface area contributed by atoms with Gasteiger partial charge in [-0.1, -0.05) is 25.1 Å². The maximum absolute atomic E-state index is 11.2. The molecule has 0 aliphatic carbocycles. The second-order valence-electron chi connectivity index (χ2n) is 4.91. The normalized spacial score (nSPS) is 20.7. The zero-order chi connectivity index (χ0) is 13.7. The van der Waals surface area contributed by atoms with Crippen LogP contribution in [-0.4, -0.2) is 25.6 Å². The molecular formula is C15H22N2O2. The Morgan fingerprint density at radius 1 is 1.47 bits per heavy atom. The molecule has 0 bridgehead atoms. The Morgan fingerprint density at radius 3 is 2.89 bits per heavy atom. The van der Waals surface area contributed by atoms with Gasteiger partial charge in [-0.05, 0) is 18.9 Å². The minimum Gasteiger partial charge on any atom is -0.496 e. The number of amides is 1. The van der Waals surface area contributed by atoms with Gasteiger partial charge in [-0.3, -0.25) is 4.79 Å². The molecule has 1 heterocycles. The first-order valence-corrected chi connectivity index (χ1v) is 6.90. The summed E-state index contributed by atoms with van der Waals surface area (Å²) in [5, 5.41) is 6.53. The molecule has 1 aromatic rings. The summed E-state index contributed by atoms with van der Waals surface area (Å²) in [6, 6.07) is 8.70. The molecule has 2 atom stereocenters. The van der Waals surface area contributed by atoms with Crippen molar-refractivity contribution in [1.82, 2.24) is 10.6 Å². The zero-order valence-electron chi connectivity index (χ0n) is 11.6. The van der Waals surface area contributed by atoms with E-state index < -0.39 is 0 Å². The van der Waals surface area contributed by atoms with E-state index in [4.69, 9.17) is 4.74 Å². The molecule has 19 heavy (non-hydrogen) atoms. The quantitative estimate of drug-likeness (QED) is 0.853. The number of ether oxygens (including phenoxy) is 1. The van der Waals surface area contributed by atoms with Crippen molar-refractivity contribution in [2.75, 3.05) is 13.7 Å². The van der Waals surface area contributed by atoms with Crippen LogP contribution in [-0.2, 0) is 4.79 Å². The largest absolute Gasteiger partial charge is 0.496 e. The average molecular weight is 262 g/mol. The molecule has 2 rings (SSSR count). The summed E-state index contributed by atoms with van der Waals surface area (Å²) in [7, 11) is 1.70. The van der Waals surface area contributed by atoms with Crippen LogP contribution >= 0.6 is 0 Å². The van der Waals surface area contributed by atoms with Crippen molar-refractivity contribution < 1.29 is 9.53 Å². The summed E-state index contributed by atoms with van der Waals surface area (Å²) in [5.41, 5.74) is 1.18. The lowest BCUT2D eigenvalue weighted by molar-refractivity contribution is -0.122. The number of piperidine rings is 1. The van der Waals surface area contributed by atoms with Gasteiger partial charge in [-0.25, -0.2) is 0 Å². The first kappa shape index (κ1) is 13.9. The summed E-state index contributed by atoms with van der Waals surface area (Å²) in [4.78, 5) is 11.2. The van der Waals surface area contributed by atoms with Crippen LogP contribution in [0.2, 0.25) is 0 Å². The third-order valence-electron chi connectivity index (χ3n) is 3.62. The van der Waals surface area contributed by atoms with Gasteiger partial charge in [0.2, 0.25) is 5.91 Å². The Kier molecular flexibility index (Phi) is 4.80. The molecule has 0 spiro atoms. The number of carbonyl (C=O) groups is 1. The highest BCUT2D eigenvalue weighted by atomic mass is 16.5. The fourth-order valence-corrected chi connectivity index (χ4v) is 2.54. The van der Waals surface area contributed by atoms with Crippen LogP contribution in [0.15, 0.2) is 24.3 Å². The highest BCUT2D eigenvalue weighted by Gasteiger charge is 2.22. The maximum atomic E-state index is 11.2. The fraction of sp³-hybridized carbons (Fsp3) is 0.533. The van der Waals surface area contributed by atoms with E-state index in [0.717, 1.165) is 18.6 Å². The van der Waals surface area contributed by atoms with E-state index in [-0.39, 0.29) is 11.9 Å². The van der Waals surface area contributed by atoms with E-state index in [9.17, 15) is 4.79 Å². The van der Waals surface area contributed by atoms with Crippen LogP contribution in [0.1, 0.15) is 37.8 Å². The van der Waals surface area contributed by atoms with Gasteiger partial charge < -0.3 is 15.4 Å². The van der Waals surface area contributed by atoms with E-state index in [2.05, 4.69) is 23.6 Å². The van der Waals surface area contributed by atoms with Crippen molar-refractivity contribution in [2.24, 2.45) is 0 Å². The Labute approximate surface area is 114 Å². The Hall–Kier alpha value is -1.55. The van der Waals surface area contributed by atoms with Crippen LogP contribution in [0.4, 0.5) is 0 Å². The van der Waals surface area contributed by atoms with E-state index in [1.54, 1.807) is 7.11 Å². The van der Waals surface area contributed by atoms with Crippen LogP contribution in [0.3, 0.4) is 0 Å². The van der Waals surface area contributed by atoms with Gasteiger partial charge in [0.05, 0.1) is 7.11 Å². The highest BCUT2D eigenvalue weighted by molar-refractivity contribution is 5.76. The molecular weight excluding hydrogens is 240 g/mol. The van der Waals surface area contributed by atoms with Gasteiger partial charge in [0.1, 0.15) is 5.75 Å². The molecule has 4 nitrogen and oxygen atoms in total. The number of rotatable bonds is 5. The first-order valence-electron chi connectivity index (χ1n) is 6.90. The number of methoxy groups -OCH3 is 1. The van der Waals surface area contributed by atoms with Gasteiger partial charge in [0, 0.05) is 30.6 Å². The summed E-state index contributed by atoms with van der Waals surface area (Å²) in [6.45, 7) is 2.87. The standard InChI is InChI=1S/C15H22N2O2/c1-3-13(12-6-4-5-7-14(12)19-2)17-11-8-9-15(18)16-10-11/h4-7,11,13,17H,3,8-10H2,1-2H3,(H,16,18).